The number of amides is 1. The average Bonchev–Trinajstić information content (AvgIpc) is 3.19. The van der Waals surface area contributed by atoms with Crippen molar-refractivity contribution in [1.82, 2.24) is 15.1 Å². The quantitative estimate of drug-likeness (QED) is 0.747. The highest BCUT2D eigenvalue weighted by molar-refractivity contribution is 5.75. The maximum atomic E-state index is 13.9. The van der Waals surface area contributed by atoms with Gasteiger partial charge in [-0.15, -0.1) is 0 Å². The number of carbonyl (C=O) groups excluding carboxylic acids is 1. The first-order valence-corrected chi connectivity index (χ1v) is 9.78. The van der Waals surface area contributed by atoms with Gasteiger partial charge in [0.25, 0.3) is 0 Å². The summed E-state index contributed by atoms with van der Waals surface area (Å²) in [5.41, 5.74) is 0.821. The van der Waals surface area contributed by atoms with Gasteiger partial charge in [0.2, 0.25) is 5.91 Å². The lowest BCUT2D eigenvalue weighted by Crippen LogP contribution is -2.48. The van der Waals surface area contributed by atoms with Crippen molar-refractivity contribution >= 4 is 5.91 Å². The van der Waals surface area contributed by atoms with E-state index in [1.54, 1.807) is 23.9 Å². The highest BCUT2D eigenvalue weighted by Gasteiger charge is 2.73. The highest BCUT2D eigenvalue weighted by atomic mass is 19.4. The van der Waals surface area contributed by atoms with Gasteiger partial charge >= 0.3 is 6.18 Å². The molecule has 1 heterocycles. The first-order chi connectivity index (χ1) is 13.6. The van der Waals surface area contributed by atoms with Crippen molar-refractivity contribution in [3.63, 3.8) is 0 Å². The van der Waals surface area contributed by atoms with Crippen LogP contribution in [0.15, 0.2) is 24.3 Å². The molecule has 1 amide bonds. The van der Waals surface area contributed by atoms with Gasteiger partial charge in [0.05, 0.1) is 5.69 Å². The van der Waals surface area contributed by atoms with E-state index in [-0.39, 0.29) is 18.2 Å². The summed E-state index contributed by atoms with van der Waals surface area (Å²) in [6.45, 7) is 1.11. The molecule has 0 spiro atoms. The third-order valence-electron chi connectivity index (χ3n) is 6.20. The number of alkyl halides is 3. The molecule has 4 rings (SSSR count). The van der Waals surface area contributed by atoms with Crippen LogP contribution >= 0.6 is 0 Å². The lowest BCUT2D eigenvalue weighted by Gasteiger charge is -2.28. The molecular formula is C21H23F4N3O. The summed E-state index contributed by atoms with van der Waals surface area (Å²) < 4.78 is 56.4. The van der Waals surface area contributed by atoms with E-state index in [1.165, 1.54) is 12.1 Å². The number of aryl methyl sites for hydroxylation is 1. The first-order valence-electron chi connectivity index (χ1n) is 9.78. The lowest BCUT2D eigenvalue weighted by molar-refractivity contribution is -0.171. The third kappa shape index (κ3) is 3.42. The second-order valence-corrected chi connectivity index (χ2v) is 8.21. The van der Waals surface area contributed by atoms with Crippen LogP contribution in [0.25, 0.3) is 0 Å². The second-order valence-electron chi connectivity index (χ2n) is 8.21. The van der Waals surface area contributed by atoms with Crippen molar-refractivity contribution in [1.29, 1.82) is 0 Å². The van der Waals surface area contributed by atoms with Crippen molar-refractivity contribution in [2.24, 2.45) is 7.05 Å². The summed E-state index contributed by atoms with van der Waals surface area (Å²) in [6, 6.07) is 6.08. The van der Waals surface area contributed by atoms with Crippen LogP contribution in [0.1, 0.15) is 67.0 Å². The summed E-state index contributed by atoms with van der Waals surface area (Å²) in [7, 11) is 1.67. The number of nitrogens with one attached hydrogen (secondary N) is 1. The molecular weight excluding hydrogens is 386 g/mol. The molecule has 2 aromatic rings. The van der Waals surface area contributed by atoms with E-state index in [4.69, 9.17) is 0 Å². The van der Waals surface area contributed by atoms with Crippen LogP contribution in [0, 0.1) is 5.82 Å². The fourth-order valence-corrected chi connectivity index (χ4v) is 4.52. The van der Waals surface area contributed by atoms with E-state index in [1.807, 2.05) is 0 Å². The molecule has 0 radical (unpaired) electrons. The summed E-state index contributed by atoms with van der Waals surface area (Å²) in [5.74, 6) is -1.69. The van der Waals surface area contributed by atoms with Crippen molar-refractivity contribution in [3.8, 4) is 0 Å². The van der Waals surface area contributed by atoms with Gasteiger partial charge in [0, 0.05) is 37.6 Å². The lowest BCUT2D eigenvalue weighted by atomic mass is 9.77. The molecule has 1 N–H and O–H groups in total. The number of aromatic nitrogens is 2. The summed E-state index contributed by atoms with van der Waals surface area (Å²) in [5, 5.41) is 6.73. The van der Waals surface area contributed by atoms with Gasteiger partial charge in [-0.1, -0.05) is 18.6 Å². The molecule has 2 saturated carbocycles. The predicted molar refractivity (Wildman–Crippen MR) is 99.0 cm³/mol. The molecule has 156 valence electrons. The Hall–Kier alpha value is -2.38. The summed E-state index contributed by atoms with van der Waals surface area (Å²) >= 11 is 0. The molecule has 29 heavy (non-hydrogen) atoms. The third-order valence-corrected chi connectivity index (χ3v) is 6.20. The Kier molecular flexibility index (Phi) is 4.70. The van der Waals surface area contributed by atoms with E-state index in [0.29, 0.717) is 12.1 Å². The molecule has 0 aliphatic heterocycles. The van der Waals surface area contributed by atoms with Crippen molar-refractivity contribution in [3.05, 3.63) is 52.6 Å². The molecule has 2 aliphatic rings. The van der Waals surface area contributed by atoms with Crippen LogP contribution in [0.5, 0.6) is 0 Å². The van der Waals surface area contributed by atoms with E-state index in [9.17, 15) is 22.4 Å². The molecule has 2 fully saturated rings. The zero-order chi connectivity index (χ0) is 21.0. The Morgan fingerprint density at radius 1 is 1.28 bits per heavy atom. The van der Waals surface area contributed by atoms with Crippen molar-refractivity contribution < 1.29 is 22.4 Å². The van der Waals surface area contributed by atoms with Crippen LogP contribution in [0.3, 0.4) is 0 Å². The van der Waals surface area contributed by atoms with E-state index >= 15 is 0 Å². The van der Waals surface area contributed by atoms with Crippen LogP contribution < -0.4 is 5.32 Å². The monoisotopic (exact) mass is 409 g/mol. The second kappa shape index (κ2) is 6.85. The first kappa shape index (κ1) is 19.9. The number of nitrogens with zero attached hydrogens (tertiary/aromatic N) is 2. The number of carbonyl (C=O) groups is 1. The highest BCUT2D eigenvalue weighted by Crippen LogP contribution is 2.61. The van der Waals surface area contributed by atoms with Gasteiger partial charge in [-0.2, -0.15) is 18.3 Å². The molecule has 2 atom stereocenters. The summed E-state index contributed by atoms with van der Waals surface area (Å²) in [4.78, 5) is 11.5. The molecule has 1 aromatic heterocycles. The number of hydrogen-bond acceptors (Lipinski definition) is 2. The minimum Gasteiger partial charge on any atom is -0.342 e. The number of benzene rings is 1. The normalized spacial score (nSPS) is 24.3. The molecule has 0 bridgehead atoms. The van der Waals surface area contributed by atoms with Crippen LogP contribution in [-0.4, -0.2) is 27.4 Å². The zero-order valence-corrected chi connectivity index (χ0v) is 16.3. The SMILES string of the molecule is CC(=O)NC1(C(F)(F)F)CC1c1c(C2CCC2)c(Cc2ccc(F)cc2)nn1C. The van der Waals surface area contributed by atoms with E-state index in [0.717, 1.165) is 43.0 Å². The van der Waals surface area contributed by atoms with E-state index in [2.05, 4.69) is 10.4 Å². The number of rotatable bonds is 5. The fourth-order valence-electron chi connectivity index (χ4n) is 4.52. The topological polar surface area (TPSA) is 46.9 Å². The minimum absolute atomic E-state index is 0.175. The van der Waals surface area contributed by atoms with Crippen LogP contribution in [-0.2, 0) is 18.3 Å². The molecule has 0 saturated heterocycles. The Balaban J connectivity index is 1.73. The molecule has 2 unspecified atom stereocenters. The van der Waals surface area contributed by atoms with E-state index < -0.39 is 23.5 Å². The smallest absolute Gasteiger partial charge is 0.342 e. The molecule has 8 heteroatoms. The Morgan fingerprint density at radius 3 is 2.45 bits per heavy atom. The average molecular weight is 409 g/mol. The van der Waals surface area contributed by atoms with Crippen molar-refractivity contribution in [2.45, 2.75) is 62.6 Å². The zero-order valence-electron chi connectivity index (χ0n) is 16.3. The fraction of sp³-hybridized carbons (Fsp3) is 0.524. The molecule has 4 nitrogen and oxygen atoms in total. The standard InChI is InChI=1S/C21H23F4N3O/c1-12(29)26-20(21(23,24)25)11-16(20)19-18(14-4-3-5-14)17(27-28(19)2)10-13-6-8-15(22)9-7-13/h6-9,14,16H,3-5,10-11H2,1-2H3,(H,26,29). The predicted octanol–water partition coefficient (Wildman–Crippen LogP) is 4.34. The number of hydrogen-bond donors (Lipinski definition) is 1. The van der Waals surface area contributed by atoms with Crippen molar-refractivity contribution in [2.75, 3.05) is 0 Å². The van der Waals surface area contributed by atoms with Gasteiger partial charge in [0.1, 0.15) is 11.4 Å². The molecule has 2 aliphatic carbocycles. The Labute approximate surface area is 166 Å². The number of halogens is 4. The largest absolute Gasteiger partial charge is 0.412 e. The van der Waals surface area contributed by atoms with Gasteiger partial charge in [-0.3, -0.25) is 9.48 Å². The van der Waals surface area contributed by atoms with Gasteiger partial charge in [0.15, 0.2) is 0 Å². The maximum absolute atomic E-state index is 13.9. The van der Waals surface area contributed by atoms with Gasteiger partial charge in [-0.25, -0.2) is 4.39 Å². The summed E-state index contributed by atoms with van der Waals surface area (Å²) in [6.07, 6.45) is -1.41. The van der Waals surface area contributed by atoms with Gasteiger partial charge in [-0.05, 0) is 42.9 Å². The minimum atomic E-state index is -4.54. The van der Waals surface area contributed by atoms with Crippen LogP contribution in [0.4, 0.5) is 17.6 Å². The Morgan fingerprint density at radius 2 is 1.93 bits per heavy atom. The van der Waals surface area contributed by atoms with Crippen LogP contribution in [0.2, 0.25) is 0 Å². The van der Waals surface area contributed by atoms with Gasteiger partial charge < -0.3 is 5.32 Å². The Bertz CT molecular complexity index is 931. The molecule has 1 aromatic carbocycles. The maximum Gasteiger partial charge on any atom is 0.412 e.